The number of rotatable bonds is 2. The summed E-state index contributed by atoms with van der Waals surface area (Å²) < 4.78 is 49.4. The molecule has 7 heteroatoms. The molecule has 3 nitrogen and oxygen atoms in total. The smallest absolute Gasteiger partial charge is 0.245 e. The van der Waals surface area contributed by atoms with Crippen LogP contribution in [0.15, 0.2) is 41.4 Å². The van der Waals surface area contributed by atoms with E-state index in [-0.39, 0.29) is 4.90 Å². The van der Waals surface area contributed by atoms with Gasteiger partial charge in [0.15, 0.2) is 10.8 Å². The molecule has 0 saturated heterocycles. The highest BCUT2D eigenvalue weighted by Crippen LogP contribution is 2.26. The molecule has 0 saturated carbocycles. The summed E-state index contributed by atoms with van der Waals surface area (Å²) in [6.45, 7) is 1.81. The van der Waals surface area contributed by atoms with Gasteiger partial charge >= 0.3 is 5.51 Å². The molecular weight excluding hydrogens is 265 g/mol. The van der Waals surface area contributed by atoms with E-state index in [1.807, 2.05) is 6.92 Å². The molecule has 0 aliphatic carbocycles. The van der Waals surface area contributed by atoms with Crippen molar-refractivity contribution in [2.75, 3.05) is 0 Å². The first-order chi connectivity index (χ1) is 8.38. The number of benzene rings is 1. The molecule has 0 aliphatic heterocycles. The molecule has 1 aromatic carbocycles. The molecule has 0 bridgehead atoms. The topological polar surface area (TPSA) is 34.9 Å². The second kappa shape index (κ2) is 4.56. The van der Waals surface area contributed by atoms with Crippen LogP contribution in [0.25, 0.3) is 5.69 Å². The molecule has 0 fully saturated rings. The number of hydrogen-bond donors (Lipinski definition) is 0. The lowest BCUT2D eigenvalue weighted by Crippen LogP contribution is -2.16. The normalized spacial score (nSPS) is 13.6. The minimum atomic E-state index is -4.73. The second-order valence-corrected chi connectivity index (χ2v) is 5.08. The maximum absolute atomic E-state index is 12.2. The van der Waals surface area contributed by atoms with E-state index in [2.05, 4.69) is 5.10 Å². The predicted molar refractivity (Wildman–Crippen MR) is 60.8 cm³/mol. The van der Waals surface area contributed by atoms with E-state index >= 15 is 0 Å². The van der Waals surface area contributed by atoms with E-state index in [1.54, 1.807) is 12.3 Å². The van der Waals surface area contributed by atoms with Crippen molar-refractivity contribution in [3.05, 3.63) is 42.2 Å². The van der Waals surface area contributed by atoms with E-state index in [4.69, 9.17) is 0 Å². The summed E-state index contributed by atoms with van der Waals surface area (Å²) in [4.78, 5) is -0.268. The molecule has 2 aromatic rings. The lowest BCUT2D eigenvalue weighted by molar-refractivity contribution is -0.0384. The van der Waals surface area contributed by atoms with Crippen LogP contribution in [-0.4, -0.2) is 19.5 Å². The molecule has 1 aromatic heterocycles. The van der Waals surface area contributed by atoms with Crippen LogP contribution in [0, 0.1) is 6.92 Å². The Morgan fingerprint density at radius 2 is 1.78 bits per heavy atom. The Labute approximate surface area is 104 Å². The van der Waals surface area contributed by atoms with Crippen molar-refractivity contribution in [3.63, 3.8) is 0 Å². The summed E-state index contributed by atoms with van der Waals surface area (Å²) in [5.41, 5.74) is -3.31. The Morgan fingerprint density at radius 3 is 2.22 bits per heavy atom. The number of aryl methyl sites for hydroxylation is 1. The fourth-order valence-corrected chi connectivity index (χ4v) is 2.07. The van der Waals surface area contributed by atoms with E-state index in [9.17, 15) is 17.4 Å². The summed E-state index contributed by atoms with van der Waals surface area (Å²) in [5, 5.41) is 4.12. The summed E-state index contributed by atoms with van der Waals surface area (Å²) in [6, 6.07) is 7.06. The molecule has 0 aliphatic rings. The van der Waals surface area contributed by atoms with Crippen LogP contribution in [-0.2, 0) is 10.8 Å². The highest BCUT2D eigenvalue weighted by molar-refractivity contribution is 7.86. The van der Waals surface area contributed by atoms with Crippen LogP contribution in [0.2, 0.25) is 0 Å². The molecule has 18 heavy (non-hydrogen) atoms. The minimum absolute atomic E-state index is 0.268. The molecule has 0 amide bonds. The zero-order valence-corrected chi connectivity index (χ0v) is 10.1. The quantitative estimate of drug-likeness (QED) is 0.844. The van der Waals surface area contributed by atoms with Crippen LogP contribution in [0.1, 0.15) is 5.69 Å². The Morgan fingerprint density at radius 1 is 1.17 bits per heavy atom. The van der Waals surface area contributed by atoms with Crippen molar-refractivity contribution in [1.82, 2.24) is 9.78 Å². The number of hydrogen-bond acceptors (Lipinski definition) is 2. The van der Waals surface area contributed by atoms with Crippen molar-refractivity contribution >= 4 is 10.8 Å². The summed E-state index contributed by atoms with van der Waals surface area (Å²) >= 11 is 0. The predicted octanol–water partition coefficient (Wildman–Crippen LogP) is 2.81. The maximum atomic E-state index is 12.2. The standard InChI is InChI=1S/C11H9F3N2OS/c1-8-6-7-16(15-8)9-2-4-10(5-3-9)18(17)11(12,13)14/h2-7H,1H3. The van der Waals surface area contributed by atoms with Crippen molar-refractivity contribution in [2.45, 2.75) is 17.3 Å². The van der Waals surface area contributed by atoms with Gasteiger partial charge in [-0.1, -0.05) is 0 Å². The molecule has 1 unspecified atom stereocenters. The van der Waals surface area contributed by atoms with Crippen molar-refractivity contribution in [3.8, 4) is 5.69 Å². The fourth-order valence-electron chi connectivity index (χ4n) is 1.41. The molecule has 0 N–H and O–H groups in total. The third kappa shape index (κ3) is 2.61. The number of halogens is 3. The van der Waals surface area contributed by atoms with E-state index in [0.717, 1.165) is 5.69 Å². The maximum Gasteiger partial charge on any atom is 0.475 e. The molecule has 2 rings (SSSR count). The molecule has 96 valence electrons. The summed E-state index contributed by atoms with van der Waals surface area (Å²) in [6.07, 6.45) is 1.70. The number of alkyl halides is 3. The van der Waals surface area contributed by atoms with Gasteiger partial charge in [-0.25, -0.2) is 8.89 Å². The van der Waals surface area contributed by atoms with Crippen LogP contribution >= 0.6 is 0 Å². The van der Waals surface area contributed by atoms with E-state index in [0.29, 0.717) is 5.69 Å². The van der Waals surface area contributed by atoms with Gasteiger partial charge in [0.1, 0.15) is 0 Å². The SMILES string of the molecule is Cc1ccn(-c2ccc(S(=O)C(F)(F)F)cc2)n1. The lowest BCUT2D eigenvalue weighted by Gasteiger charge is -2.07. The third-order valence-corrected chi connectivity index (χ3v) is 3.37. The van der Waals surface area contributed by atoms with Crippen LogP contribution in [0.5, 0.6) is 0 Å². The van der Waals surface area contributed by atoms with Crippen molar-refractivity contribution in [2.24, 2.45) is 0 Å². The average molecular weight is 274 g/mol. The monoisotopic (exact) mass is 274 g/mol. The highest BCUT2D eigenvalue weighted by atomic mass is 32.2. The number of aromatic nitrogens is 2. The Hall–Kier alpha value is -1.63. The first-order valence-corrected chi connectivity index (χ1v) is 6.14. The molecule has 0 spiro atoms. The van der Waals surface area contributed by atoms with Gasteiger partial charge in [-0.2, -0.15) is 18.3 Å². The van der Waals surface area contributed by atoms with Crippen LogP contribution in [0.3, 0.4) is 0 Å². The van der Waals surface area contributed by atoms with Gasteiger partial charge in [0.05, 0.1) is 11.4 Å². The van der Waals surface area contributed by atoms with E-state index in [1.165, 1.54) is 28.9 Å². The molecular formula is C11H9F3N2OS. The fraction of sp³-hybridized carbons (Fsp3) is 0.182. The largest absolute Gasteiger partial charge is 0.475 e. The van der Waals surface area contributed by atoms with Crippen molar-refractivity contribution < 1.29 is 17.4 Å². The van der Waals surface area contributed by atoms with Gasteiger partial charge in [-0.05, 0) is 37.3 Å². The van der Waals surface area contributed by atoms with Gasteiger partial charge in [0.2, 0.25) is 0 Å². The van der Waals surface area contributed by atoms with Crippen molar-refractivity contribution in [1.29, 1.82) is 0 Å². The highest BCUT2D eigenvalue weighted by Gasteiger charge is 2.37. The van der Waals surface area contributed by atoms with Crippen LogP contribution in [0.4, 0.5) is 13.2 Å². The zero-order chi connectivity index (χ0) is 13.3. The Balaban J connectivity index is 2.28. The average Bonchev–Trinajstić information content (AvgIpc) is 2.74. The minimum Gasteiger partial charge on any atom is -0.245 e. The zero-order valence-electron chi connectivity index (χ0n) is 9.31. The van der Waals surface area contributed by atoms with Crippen LogP contribution < -0.4 is 0 Å². The van der Waals surface area contributed by atoms with E-state index < -0.39 is 16.3 Å². The van der Waals surface area contributed by atoms with Gasteiger partial charge in [-0.15, -0.1) is 0 Å². The summed E-state index contributed by atoms with van der Waals surface area (Å²) in [5.74, 6) is 0. The molecule has 1 heterocycles. The first-order valence-electron chi connectivity index (χ1n) is 4.99. The Bertz CT molecular complexity index is 575. The van der Waals surface area contributed by atoms with Gasteiger partial charge in [0, 0.05) is 11.1 Å². The first kappa shape index (κ1) is 12.8. The third-order valence-electron chi connectivity index (χ3n) is 2.25. The summed E-state index contributed by atoms with van der Waals surface area (Å²) in [7, 11) is -2.99. The number of nitrogens with zero attached hydrogens (tertiary/aromatic N) is 2. The second-order valence-electron chi connectivity index (χ2n) is 3.61. The Kier molecular flexibility index (Phi) is 3.25. The lowest BCUT2D eigenvalue weighted by atomic mass is 10.3. The molecule has 1 atom stereocenters. The van der Waals surface area contributed by atoms with Gasteiger partial charge < -0.3 is 0 Å². The molecule has 0 radical (unpaired) electrons. The van der Waals surface area contributed by atoms with Gasteiger partial charge in [-0.3, -0.25) is 0 Å². The van der Waals surface area contributed by atoms with Gasteiger partial charge in [0.25, 0.3) is 0 Å².